The lowest BCUT2D eigenvalue weighted by Crippen LogP contribution is -2.81. The monoisotopic (exact) mass is 334 g/mol. The van der Waals surface area contributed by atoms with E-state index in [1.807, 2.05) is 20.8 Å². The van der Waals surface area contributed by atoms with Crippen LogP contribution in [0.1, 0.15) is 65.7 Å². The van der Waals surface area contributed by atoms with E-state index in [4.69, 9.17) is 4.74 Å². The lowest BCUT2D eigenvalue weighted by atomic mass is 9.31. The first kappa shape index (κ1) is 15.6. The summed E-state index contributed by atoms with van der Waals surface area (Å²) in [4.78, 5) is 12.9. The van der Waals surface area contributed by atoms with Crippen molar-refractivity contribution in [3.63, 3.8) is 0 Å². The molecule has 4 atom stereocenters. The smallest absolute Gasteiger partial charge is 0.312 e. The quantitative estimate of drug-likeness (QED) is 0.779. The fourth-order valence-electron chi connectivity index (χ4n) is 7.51. The molecular weight excluding hydrogens is 304 g/mol. The predicted octanol–water partition coefficient (Wildman–Crippen LogP) is 2.66. The molecule has 0 radical (unpaired) electrons. The molecule has 7 fully saturated rings. The number of rotatable bonds is 3. The van der Waals surface area contributed by atoms with Crippen molar-refractivity contribution in [3.05, 3.63) is 0 Å². The third-order valence-corrected chi connectivity index (χ3v) is 8.83. The van der Waals surface area contributed by atoms with Gasteiger partial charge in [-0.25, -0.2) is 0 Å². The van der Waals surface area contributed by atoms with Crippen LogP contribution >= 0.6 is 0 Å². The fourth-order valence-corrected chi connectivity index (χ4v) is 7.51. The van der Waals surface area contributed by atoms with Crippen LogP contribution in [0.3, 0.4) is 0 Å². The Morgan fingerprint density at radius 3 is 2.21 bits per heavy atom. The Morgan fingerprint density at radius 1 is 1.08 bits per heavy atom. The number of hydrogen-bond donors (Lipinski definition) is 2. The summed E-state index contributed by atoms with van der Waals surface area (Å²) in [6.45, 7) is 5.92. The van der Waals surface area contributed by atoms with Gasteiger partial charge in [-0.2, -0.15) is 0 Å². The summed E-state index contributed by atoms with van der Waals surface area (Å²) in [5, 5.41) is 22.6. The van der Waals surface area contributed by atoms with E-state index in [-0.39, 0.29) is 29.6 Å². The van der Waals surface area contributed by atoms with Crippen molar-refractivity contribution in [1.29, 1.82) is 0 Å². The molecule has 7 rings (SSSR count). The summed E-state index contributed by atoms with van der Waals surface area (Å²) in [6, 6.07) is 0. The highest BCUT2D eigenvalue weighted by Gasteiger charge is 2.79. The van der Waals surface area contributed by atoms with Crippen molar-refractivity contribution < 1.29 is 19.7 Å². The maximum Gasteiger partial charge on any atom is 0.312 e. The number of ether oxygens (including phenoxy) is 1. The van der Waals surface area contributed by atoms with E-state index in [1.54, 1.807) is 0 Å². The van der Waals surface area contributed by atoms with Crippen molar-refractivity contribution in [2.24, 2.45) is 35.0 Å². The second kappa shape index (κ2) is 4.20. The van der Waals surface area contributed by atoms with Crippen molar-refractivity contribution >= 4 is 5.97 Å². The Balaban J connectivity index is 1.58. The van der Waals surface area contributed by atoms with Gasteiger partial charge in [-0.15, -0.1) is 0 Å². The number of carbonyl (C=O) groups excluding carboxylic acids is 1. The van der Waals surface area contributed by atoms with Gasteiger partial charge in [0.1, 0.15) is 5.60 Å². The van der Waals surface area contributed by atoms with Gasteiger partial charge in [0.05, 0.1) is 16.6 Å². The average Bonchev–Trinajstić information content (AvgIpc) is 2.51. The zero-order valence-corrected chi connectivity index (χ0v) is 15.0. The second-order valence-electron chi connectivity index (χ2n) is 10.4. The Hall–Kier alpha value is -0.610. The summed E-state index contributed by atoms with van der Waals surface area (Å²) in [7, 11) is 0. The Labute approximate surface area is 144 Å². The van der Waals surface area contributed by atoms with Gasteiger partial charge in [0.15, 0.2) is 0 Å². The molecule has 0 saturated heterocycles. The molecule has 8 bridgehead atoms. The molecule has 7 saturated carbocycles. The highest BCUT2D eigenvalue weighted by Crippen LogP contribution is 2.75. The minimum atomic E-state index is -0.741. The van der Waals surface area contributed by atoms with Gasteiger partial charge in [0, 0.05) is 18.3 Å². The summed E-state index contributed by atoms with van der Waals surface area (Å²) in [6.07, 6.45) is 5.76. The molecule has 0 aliphatic heterocycles. The van der Waals surface area contributed by atoms with Crippen molar-refractivity contribution in [1.82, 2.24) is 0 Å². The van der Waals surface area contributed by atoms with E-state index in [2.05, 4.69) is 0 Å². The Kier molecular flexibility index (Phi) is 2.73. The van der Waals surface area contributed by atoms with E-state index in [0.717, 1.165) is 25.7 Å². The second-order valence-corrected chi connectivity index (χ2v) is 10.4. The minimum absolute atomic E-state index is 0.111. The molecule has 2 N–H and O–H groups in total. The molecule has 134 valence electrons. The third kappa shape index (κ3) is 1.61. The van der Waals surface area contributed by atoms with Crippen LogP contribution in [0.2, 0.25) is 0 Å². The summed E-state index contributed by atoms with van der Waals surface area (Å²) in [5.41, 5.74) is -2.36. The average molecular weight is 334 g/mol. The number of esters is 1. The van der Waals surface area contributed by atoms with Gasteiger partial charge in [0.2, 0.25) is 0 Å². The van der Waals surface area contributed by atoms with Gasteiger partial charge >= 0.3 is 5.97 Å². The fraction of sp³-hybridized carbons (Fsp3) is 0.950. The van der Waals surface area contributed by atoms with Gasteiger partial charge in [0.25, 0.3) is 0 Å². The normalized spacial score (nSPS) is 56.8. The van der Waals surface area contributed by atoms with E-state index >= 15 is 0 Å². The van der Waals surface area contributed by atoms with Gasteiger partial charge in [-0.05, 0) is 70.1 Å². The van der Waals surface area contributed by atoms with Gasteiger partial charge in [-0.1, -0.05) is 6.92 Å². The molecule has 24 heavy (non-hydrogen) atoms. The molecule has 4 heteroatoms. The minimum Gasteiger partial charge on any atom is -0.458 e. The first-order valence-electron chi connectivity index (χ1n) is 9.82. The number of carbonyl (C=O) groups is 1. The van der Waals surface area contributed by atoms with Crippen LogP contribution < -0.4 is 0 Å². The third-order valence-electron chi connectivity index (χ3n) is 8.83. The van der Waals surface area contributed by atoms with E-state index in [9.17, 15) is 15.0 Å². The molecule has 0 heterocycles. The summed E-state index contributed by atoms with van der Waals surface area (Å²) < 4.78 is 6.34. The number of hydrogen-bond acceptors (Lipinski definition) is 4. The van der Waals surface area contributed by atoms with Crippen LogP contribution in [0.15, 0.2) is 0 Å². The van der Waals surface area contributed by atoms with Crippen LogP contribution in [0, 0.1) is 35.0 Å². The topological polar surface area (TPSA) is 66.8 Å². The molecule has 0 aromatic carbocycles. The Morgan fingerprint density at radius 2 is 1.67 bits per heavy atom. The van der Waals surface area contributed by atoms with E-state index in [1.165, 1.54) is 0 Å². The maximum atomic E-state index is 12.9. The first-order chi connectivity index (χ1) is 11.1. The zero-order chi connectivity index (χ0) is 17.1. The molecule has 7 aliphatic carbocycles. The number of aliphatic hydroxyl groups is 2. The van der Waals surface area contributed by atoms with Crippen LogP contribution in [-0.4, -0.2) is 33.0 Å². The van der Waals surface area contributed by atoms with Crippen LogP contribution in [0.5, 0.6) is 0 Å². The molecule has 4 nitrogen and oxygen atoms in total. The van der Waals surface area contributed by atoms with Crippen molar-refractivity contribution in [2.45, 2.75) is 82.5 Å². The molecule has 0 amide bonds. The largest absolute Gasteiger partial charge is 0.458 e. The van der Waals surface area contributed by atoms with E-state index < -0.39 is 22.2 Å². The van der Waals surface area contributed by atoms with Crippen LogP contribution in [-0.2, 0) is 9.53 Å². The first-order valence-corrected chi connectivity index (χ1v) is 9.82. The lowest BCUT2D eigenvalue weighted by Gasteiger charge is -2.77. The lowest BCUT2D eigenvalue weighted by molar-refractivity contribution is -0.370. The molecule has 0 spiro atoms. The SMILES string of the molecule is CCC(C)(C)C(=O)OC12CC3(O)CC4C1CC1CC2C(C3)C4(O)C1. The predicted molar refractivity (Wildman–Crippen MR) is 87.9 cm³/mol. The summed E-state index contributed by atoms with van der Waals surface area (Å²) in [5.74, 6) is 1.17. The molecule has 7 aliphatic rings. The molecular formula is C20H30O4. The maximum absolute atomic E-state index is 12.9. The van der Waals surface area contributed by atoms with E-state index in [0.29, 0.717) is 25.2 Å². The standard InChI is InChI=1S/C20H30O4/c1-4-17(2,3)16(21)24-20-10-18(22)8-14-12(20)5-11-6-13(20)15(9-18)19(14,23)7-11/h11-15,22-23H,4-10H2,1-3H3. The summed E-state index contributed by atoms with van der Waals surface area (Å²) >= 11 is 0. The molecule has 4 unspecified atom stereocenters. The highest BCUT2D eigenvalue weighted by molar-refractivity contribution is 5.76. The van der Waals surface area contributed by atoms with Crippen LogP contribution in [0.25, 0.3) is 0 Å². The Bertz CT molecular complexity index is 585. The zero-order valence-electron chi connectivity index (χ0n) is 15.0. The highest BCUT2D eigenvalue weighted by atomic mass is 16.6. The van der Waals surface area contributed by atoms with Gasteiger partial charge in [-0.3, -0.25) is 4.79 Å². The van der Waals surface area contributed by atoms with Crippen molar-refractivity contribution in [2.75, 3.05) is 0 Å². The molecule has 0 aromatic rings. The van der Waals surface area contributed by atoms with Crippen molar-refractivity contribution in [3.8, 4) is 0 Å². The van der Waals surface area contributed by atoms with Crippen LogP contribution in [0.4, 0.5) is 0 Å². The van der Waals surface area contributed by atoms with Gasteiger partial charge < -0.3 is 14.9 Å². The molecule has 0 aromatic heterocycles.